The first-order chi connectivity index (χ1) is 9.46. The molecular weight excluding hydrogens is 254 g/mol. The molecule has 0 saturated carbocycles. The first-order valence-corrected chi connectivity index (χ1v) is 7.16. The van der Waals surface area contributed by atoms with Crippen LogP contribution in [0.3, 0.4) is 0 Å². The topological polar surface area (TPSA) is 58.6 Å². The zero-order chi connectivity index (χ0) is 15.2. The molecule has 0 fully saturated rings. The summed E-state index contributed by atoms with van der Waals surface area (Å²) in [5.74, 6) is 0.493. The minimum atomic E-state index is -0.550. The lowest BCUT2D eigenvalue weighted by molar-refractivity contribution is 0.0817. The van der Waals surface area contributed by atoms with Crippen molar-refractivity contribution in [3.63, 3.8) is 0 Å². The highest BCUT2D eigenvalue weighted by molar-refractivity contribution is 5.95. The molecule has 0 aliphatic heterocycles. The van der Waals surface area contributed by atoms with Crippen molar-refractivity contribution in [2.75, 3.05) is 6.61 Å². The van der Waals surface area contributed by atoms with Gasteiger partial charge in [-0.2, -0.15) is 0 Å². The van der Waals surface area contributed by atoms with Gasteiger partial charge in [0.1, 0.15) is 5.75 Å². The predicted molar refractivity (Wildman–Crippen MR) is 80.1 cm³/mol. The number of hydrogen-bond acceptors (Lipinski definition) is 3. The van der Waals surface area contributed by atoms with E-state index >= 15 is 0 Å². The van der Waals surface area contributed by atoms with Gasteiger partial charge in [-0.15, -0.1) is 0 Å². The zero-order valence-electron chi connectivity index (χ0n) is 12.8. The number of carbonyl (C=O) groups is 1. The Hall–Kier alpha value is -1.55. The number of hydrogen-bond donors (Lipinski definition) is 2. The molecule has 0 bridgehead atoms. The summed E-state index contributed by atoms with van der Waals surface area (Å²) in [7, 11) is 0. The second-order valence-corrected chi connectivity index (χ2v) is 5.29. The maximum absolute atomic E-state index is 12.3. The number of amides is 1. The van der Waals surface area contributed by atoms with Crippen LogP contribution < -0.4 is 10.1 Å². The van der Waals surface area contributed by atoms with E-state index in [0.29, 0.717) is 24.2 Å². The molecule has 20 heavy (non-hydrogen) atoms. The van der Waals surface area contributed by atoms with Gasteiger partial charge in [-0.25, -0.2) is 0 Å². The van der Waals surface area contributed by atoms with Crippen LogP contribution >= 0.6 is 0 Å². The van der Waals surface area contributed by atoms with Gasteiger partial charge in [0.2, 0.25) is 0 Å². The molecule has 4 nitrogen and oxygen atoms in total. The molecule has 0 radical (unpaired) electrons. The molecule has 2 N–H and O–H groups in total. The highest BCUT2D eigenvalue weighted by Gasteiger charge is 2.27. The van der Waals surface area contributed by atoms with Crippen LogP contribution in [-0.2, 0) is 0 Å². The fourth-order valence-corrected chi connectivity index (χ4v) is 1.99. The molecule has 0 aromatic heterocycles. The van der Waals surface area contributed by atoms with Crippen molar-refractivity contribution in [2.45, 2.75) is 52.2 Å². The number of rotatable bonds is 7. The lowest BCUT2D eigenvalue weighted by Gasteiger charge is -2.30. The van der Waals surface area contributed by atoms with Gasteiger partial charge in [0.05, 0.1) is 18.2 Å². The van der Waals surface area contributed by atoms with Crippen molar-refractivity contribution in [2.24, 2.45) is 0 Å². The van der Waals surface area contributed by atoms with Crippen LogP contribution in [0.15, 0.2) is 24.3 Å². The van der Waals surface area contributed by atoms with Gasteiger partial charge in [0.25, 0.3) is 5.91 Å². The maximum Gasteiger partial charge on any atom is 0.251 e. The lowest BCUT2D eigenvalue weighted by atomic mass is 9.93. The zero-order valence-corrected chi connectivity index (χ0v) is 12.8. The molecule has 0 atom stereocenters. The van der Waals surface area contributed by atoms with Gasteiger partial charge in [0, 0.05) is 5.56 Å². The van der Waals surface area contributed by atoms with E-state index in [1.165, 1.54) is 0 Å². The third kappa shape index (κ3) is 4.23. The number of aliphatic hydroxyl groups is 1. The van der Waals surface area contributed by atoms with E-state index in [1.807, 2.05) is 33.8 Å². The van der Waals surface area contributed by atoms with E-state index in [-0.39, 0.29) is 18.6 Å². The monoisotopic (exact) mass is 279 g/mol. The number of nitrogens with one attached hydrogen (secondary N) is 1. The Morgan fingerprint density at radius 2 is 2.00 bits per heavy atom. The molecule has 1 amide bonds. The van der Waals surface area contributed by atoms with Crippen LogP contribution in [-0.4, -0.2) is 29.3 Å². The van der Waals surface area contributed by atoms with E-state index < -0.39 is 5.54 Å². The summed E-state index contributed by atoms with van der Waals surface area (Å²) in [4.78, 5) is 12.3. The van der Waals surface area contributed by atoms with E-state index in [0.717, 1.165) is 0 Å². The largest absolute Gasteiger partial charge is 0.491 e. The fraction of sp³-hybridized carbons (Fsp3) is 0.562. The van der Waals surface area contributed by atoms with E-state index in [1.54, 1.807) is 18.2 Å². The van der Waals surface area contributed by atoms with Crippen molar-refractivity contribution < 1.29 is 14.6 Å². The normalized spacial score (nSPS) is 11.5. The Balaban J connectivity index is 2.86. The molecule has 1 aromatic rings. The number of aliphatic hydroxyl groups excluding tert-OH is 1. The van der Waals surface area contributed by atoms with Crippen LogP contribution in [0.25, 0.3) is 0 Å². The van der Waals surface area contributed by atoms with Gasteiger partial charge < -0.3 is 15.2 Å². The molecular formula is C16H25NO3. The quantitative estimate of drug-likeness (QED) is 0.807. The van der Waals surface area contributed by atoms with E-state index in [4.69, 9.17) is 4.74 Å². The minimum absolute atomic E-state index is 0.0616. The highest BCUT2D eigenvalue weighted by Crippen LogP contribution is 2.18. The van der Waals surface area contributed by atoms with Crippen molar-refractivity contribution in [3.8, 4) is 5.75 Å². The van der Waals surface area contributed by atoms with E-state index in [2.05, 4.69) is 5.32 Å². The van der Waals surface area contributed by atoms with Crippen molar-refractivity contribution >= 4 is 5.91 Å². The average Bonchev–Trinajstić information content (AvgIpc) is 2.44. The second kappa shape index (κ2) is 7.29. The summed E-state index contributed by atoms with van der Waals surface area (Å²) in [6.45, 7) is 7.74. The molecule has 4 heteroatoms. The summed E-state index contributed by atoms with van der Waals surface area (Å²) in [6, 6.07) is 7.10. The minimum Gasteiger partial charge on any atom is -0.491 e. The molecule has 1 aromatic carbocycles. The molecule has 0 aliphatic rings. The van der Waals surface area contributed by atoms with Crippen molar-refractivity contribution in [3.05, 3.63) is 29.8 Å². The predicted octanol–water partition coefficient (Wildman–Crippen LogP) is 2.75. The summed E-state index contributed by atoms with van der Waals surface area (Å²) >= 11 is 0. The van der Waals surface area contributed by atoms with Gasteiger partial charge in [-0.3, -0.25) is 4.79 Å². The molecule has 0 heterocycles. The summed E-state index contributed by atoms with van der Waals surface area (Å²) < 4.78 is 5.58. The third-order valence-electron chi connectivity index (χ3n) is 3.50. The fourth-order valence-electron chi connectivity index (χ4n) is 1.99. The van der Waals surface area contributed by atoms with Gasteiger partial charge in [-0.1, -0.05) is 19.9 Å². The summed E-state index contributed by atoms with van der Waals surface area (Å²) in [5, 5.41) is 12.4. The number of carbonyl (C=O) groups excluding carboxylic acids is 1. The Labute approximate surface area is 121 Å². The lowest BCUT2D eigenvalue weighted by Crippen LogP contribution is -2.50. The number of benzene rings is 1. The van der Waals surface area contributed by atoms with Crippen LogP contribution in [0.2, 0.25) is 0 Å². The number of ether oxygens (including phenoxy) is 1. The van der Waals surface area contributed by atoms with Gasteiger partial charge >= 0.3 is 0 Å². The van der Waals surface area contributed by atoms with Gasteiger partial charge in [-0.05, 0) is 44.9 Å². The molecule has 0 spiro atoms. The summed E-state index contributed by atoms with van der Waals surface area (Å²) in [6.07, 6.45) is 1.44. The van der Waals surface area contributed by atoms with Crippen molar-refractivity contribution in [1.29, 1.82) is 0 Å². The maximum atomic E-state index is 12.3. The molecule has 0 unspecified atom stereocenters. The Morgan fingerprint density at radius 3 is 2.50 bits per heavy atom. The molecule has 0 saturated heterocycles. The average molecular weight is 279 g/mol. The summed E-state index contributed by atoms with van der Waals surface area (Å²) in [5.41, 5.74) is -0.00528. The van der Waals surface area contributed by atoms with Crippen LogP contribution in [0.5, 0.6) is 5.75 Å². The van der Waals surface area contributed by atoms with Crippen molar-refractivity contribution in [1.82, 2.24) is 5.32 Å². The SMILES string of the molecule is CCC(CC)(CO)NC(=O)c1cccc(OC(C)C)c1. The third-order valence-corrected chi connectivity index (χ3v) is 3.50. The first kappa shape index (κ1) is 16.5. The van der Waals surface area contributed by atoms with Crippen LogP contribution in [0.4, 0.5) is 0 Å². The molecule has 1 rings (SSSR count). The van der Waals surface area contributed by atoms with Crippen LogP contribution in [0.1, 0.15) is 50.9 Å². The van der Waals surface area contributed by atoms with Gasteiger partial charge in [0.15, 0.2) is 0 Å². The Bertz CT molecular complexity index is 431. The molecule has 0 aliphatic carbocycles. The second-order valence-electron chi connectivity index (χ2n) is 5.29. The standard InChI is InChI=1S/C16H25NO3/c1-5-16(6-2,11-18)17-15(19)13-8-7-9-14(10-13)20-12(3)4/h7-10,12,18H,5-6,11H2,1-4H3,(H,17,19). The van der Waals surface area contributed by atoms with E-state index in [9.17, 15) is 9.90 Å². The molecule has 112 valence electrons. The Morgan fingerprint density at radius 1 is 1.35 bits per heavy atom. The first-order valence-electron chi connectivity index (χ1n) is 7.16. The Kier molecular flexibility index (Phi) is 6.02. The highest BCUT2D eigenvalue weighted by atomic mass is 16.5. The smallest absolute Gasteiger partial charge is 0.251 e. The van der Waals surface area contributed by atoms with Crippen LogP contribution in [0, 0.1) is 0 Å².